The van der Waals surface area contributed by atoms with Crippen molar-refractivity contribution in [3.63, 3.8) is 0 Å². The Kier molecular flexibility index (Phi) is 4.66. The molecule has 6 nitrogen and oxygen atoms in total. The molecule has 2 N–H and O–H groups in total. The van der Waals surface area contributed by atoms with Crippen LogP contribution in [0.3, 0.4) is 0 Å². The maximum Gasteiger partial charge on any atom is 0.249 e. The van der Waals surface area contributed by atoms with Crippen LogP contribution in [0.4, 0.5) is 0 Å². The topological polar surface area (TPSA) is 89.7 Å². The normalized spacial score (nSPS) is 16.0. The Hall–Kier alpha value is -2.22. The first-order valence-corrected chi connectivity index (χ1v) is 8.93. The third-order valence-corrected chi connectivity index (χ3v) is 5.82. The van der Waals surface area contributed by atoms with Crippen LogP contribution in [0.1, 0.15) is 10.4 Å². The van der Waals surface area contributed by atoms with Gasteiger partial charge in [0.1, 0.15) is 0 Å². The van der Waals surface area contributed by atoms with E-state index in [9.17, 15) is 13.2 Å². The Balaban J connectivity index is 2.14. The fourth-order valence-electron chi connectivity index (χ4n) is 2.71. The first kappa shape index (κ1) is 16.6. The summed E-state index contributed by atoms with van der Waals surface area (Å²) in [5, 5.41) is 0. The van der Waals surface area contributed by atoms with Crippen molar-refractivity contribution >= 4 is 15.9 Å². The van der Waals surface area contributed by atoms with Crippen molar-refractivity contribution in [1.29, 1.82) is 0 Å². The Morgan fingerprint density at radius 2 is 1.75 bits per heavy atom. The van der Waals surface area contributed by atoms with Gasteiger partial charge in [0.2, 0.25) is 15.9 Å². The predicted octanol–water partition coefficient (Wildman–Crippen LogP) is 1.27. The minimum atomic E-state index is -3.70. The molecule has 0 atom stereocenters. The van der Waals surface area contributed by atoms with E-state index in [-0.39, 0.29) is 10.5 Å². The number of carbonyl (C=O) groups excluding carboxylic acids is 1. The molecule has 1 aliphatic rings. The van der Waals surface area contributed by atoms with Crippen LogP contribution >= 0.6 is 0 Å². The number of nitrogens with zero attached hydrogens (tertiary/aromatic N) is 1. The van der Waals surface area contributed by atoms with Crippen LogP contribution in [0.5, 0.6) is 0 Å². The van der Waals surface area contributed by atoms with Gasteiger partial charge < -0.3 is 10.5 Å². The lowest BCUT2D eigenvalue weighted by Gasteiger charge is -2.27. The summed E-state index contributed by atoms with van der Waals surface area (Å²) in [6.07, 6.45) is 0. The highest BCUT2D eigenvalue weighted by molar-refractivity contribution is 7.89. The summed E-state index contributed by atoms with van der Waals surface area (Å²) in [5.74, 6) is -0.649. The van der Waals surface area contributed by atoms with E-state index < -0.39 is 15.9 Å². The van der Waals surface area contributed by atoms with Crippen LogP contribution < -0.4 is 5.73 Å². The summed E-state index contributed by atoms with van der Waals surface area (Å²) >= 11 is 0. The molecule has 1 amide bonds. The van der Waals surface area contributed by atoms with Gasteiger partial charge in [-0.15, -0.1) is 0 Å². The highest BCUT2D eigenvalue weighted by Gasteiger charge is 2.29. The van der Waals surface area contributed by atoms with Gasteiger partial charge in [0.05, 0.1) is 23.7 Å². The lowest BCUT2D eigenvalue weighted by atomic mass is 9.99. The molecule has 0 aliphatic carbocycles. The van der Waals surface area contributed by atoms with Crippen LogP contribution in [-0.2, 0) is 14.8 Å². The second-order valence-corrected chi connectivity index (χ2v) is 7.24. The predicted molar refractivity (Wildman–Crippen MR) is 88.8 cm³/mol. The van der Waals surface area contributed by atoms with E-state index in [2.05, 4.69) is 6.07 Å². The molecular formula is C17H17N2O4S. The fraction of sp³-hybridized carbons (Fsp3) is 0.235. The molecule has 0 saturated carbocycles. The average molecular weight is 345 g/mol. The quantitative estimate of drug-likeness (QED) is 0.904. The third kappa shape index (κ3) is 3.06. The van der Waals surface area contributed by atoms with Gasteiger partial charge in [-0.3, -0.25) is 4.79 Å². The largest absolute Gasteiger partial charge is 0.379 e. The van der Waals surface area contributed by atoms with E-state index in [0.29, 0.717) is 37.4 Å². The number of nitrogens with two attached hydrogens (primary N) is 1. The van der Waals surface area contributed by atoms with E-state index >= 15 is 0 Å². The zero-order valence-electron chi connectivity index (χ0n) is 12.9. The average Bonchev–Trinajstić information content (AvgIpc) is 2.62. The van der Waals surface area contributed by atoms with Crippen LogP contribution in [0.15, 0.2) is 47.4 Å². The van der Waals surface area contributed by atoms with Gasteiger partial charge in [0.25, 0.3) is 0 Å². The Morgan fingerprint density at radius 1 is 1.08 bits per heavy atom. The smallest absolute Gasteiger partial charge is 0.249 e. The van der Waals surface area contributed by atoms with Crippen LogP contribution in [-0.4, -0.2) is 44.9 Å². The lowest BCUT2D eigenvalue weighted by molar-refractivity contribution is 0.0730. The van der Waals surface area contributed by atoms with E-state index in [1.54, 1.807) is 36.4 Å². The molecule has 7 heteroatoms. The number of carbonyl (C=O) groups is 1. The van der Waals surface area contributed by atoms with Crippen LogP contribution in [0, 0.1) is 6.07 Å². The molecule has 1 aliphatic heterocycles. The molecular weight excluding hydrogens is 328 g/mol. The molecule has 2 aromatic rings. The molecule has 3 rings (SSSR count). The van der Waals surface area contributed by atoms with Crippen molar-refractivity contribution in [2.45, 2.75) is 4.90 Å². The first-order chi connectivity index (χ1) is 11.5. The summed E-state index contributed by atoms with van der Waals surface area (Å²) in [6.45, 7) is 1.35. The molecule has 2 aromatic carbocycles. The molecule has 0 spiro atoms. The number of primary amides is 1. The highest BCUT2D eigenvalue weighted by Crippen LogP contribution is 2.31. The summed E-state index contributed by atoms with van der Waals surface area (Å²) in [4.78, 5) is 11.8. The number of rotatable bonds is 4. The summed E-state index contributed by atoms with van der Waals surface area (Å²) in [6, 6.07) is 14.3. The van der Waals surface area contributed by atoms with Gasteiger partial charge in [-0.1, -0.05) is 36.4 Å². The number of hydrogen-bond acceptors (Lipinski definition) is 4. The van der Waals surface area contributed by atoms with Crippen LogP contribution in [0.2, 0.25) is 0 Å². The van der Waals surface area contributed by atoms with E-state index in [0.717, 1.165) is 0 Å². The molecule has 1 radical (unpaired) electrons. The Morgan fingerprint density at radius 3 is 2.46 bits per heavy atom. The van der Waals surface area contributed by atoms with Gasteiger partial charge >= 0.3 is 0 Å². The Labute approximate surface area is 140 Å². The number of sulfonamides is 1. The van der Waals surface area contributed by atoms with E-state index in [4.69, 9.17) is 10.5 Å². The summed E-state index contributed by atoms with van der Waals surface area (Å²) in [5.41, 5.74) is 6.47. The summed E-state index contributed by atoms with van der Waals surface area (Å²) < 4.78 is 32.6. The number of ether oxygens (including phenoxy) is 1. The van der Waals surface area contributed by atoms with Gasteiger partial charge in [0, 0.05) is 18.7 Å². The highest BCUT2D eigenvalue weighted by atomic mass is 32.2. The molecule has 0 aromatic heterocycles. The molecule has 24 heavy (non-hydrogen) atoms. The minimum absolute atomic E-state index is 0.147. The number of benzene rings is 2. The second-order valence-electron chi connectivity index (χ2n) is 5.34. The summed E-state index contributed by atoms with van der Waals surface area (Å²) in [7, 11) is -3.70. The van der Waals surface area contributed by atoms with Gasteiger partial charge in [-0.05, 0) is 17.7 Å². The number of amides is 1. The molecule has 0 bridgehead atoms. The molecule has 1 fully saturated rings. The first-order valence-electron chi connectivity index (χ1n) is 7.49. The SMILES string of the molecule is NC(=O)c1[c]cccc1-c1ccccc1S(=O)(=O)N1CCOCC1. The standard InChI is InChI=1S/C17H17N2O4S/c18-17(20)15-7-2-1-5-13(15)14-6-3-4-8-16(14)24(21,22)19-9-11-23-12-10-19/h1-6,8H,9-12H2,(H2,18,20). The van der Waals surface area contributed by atoms with Gasteiger partial charge in [-0.25, -0.2) is 8.42 Å². The van der Waals surface area contributed by atoms with Crippen molar-refractivity contribution in [3.8, 4) is 11.1 Å². The number of morpholine rings is 1. The Bertz CT molecular complexity index is 858. The van der Waals surface area contributed by atoms with Crippen molar-refractivity contribution in [2.75, 3.05) is 26.3 Å². The van der Waals surface area contributed by atoms with Crippen molar-refractivity contribution < 1.29 is 17.9 Å². The molecule has 1 saturated heterocycles. The second kappa shape index (κ2) is 6.72. The molecule has 0 unspecified atom stereocenters. The monoisotopic (exact) mass is 345 g/mol. The van der Waals surface area contributed by atoms with Crippen molar-refractivity contribution in [3.05, 3.63) is 54.1 Å². The number of hydrogen-bond donors (Lipinski definition) is 1. The fourth-order valence-corrected chi connectivity index (χ4v) is 4.32. The third-order valence-electron chi connectivity index (χ3n) is 3.87. The van der Waals surface area contributed by atoms with Crippen molar-refractivity contribution in [2.24, 2.45) is 5.73 Å². The van der Waals surface area contributed by atoms with E-state index in [1.165, 1.54) is 10.4 Å². The minimum Gasteiger partial charge on any atom is -0.379 e. The molecule has 125 valence electrons. The zero-order valence-corrected chi connectivity index (χ0v) is 13.8. The van der Waals surface area contributed by atoms with Crippen molar-refractivity contribution in [1.82, 2.24) is 4.31 Å². The molecule has 1 heterocycles. The maximum atomic E-state index is 13.0. The maximum absolute atomic E-state index is 13.0. The van der Waals surface area contributed by atoms with Gasteiger partial charge in [-0.2, -0.15) is 4.31 Å². The lowest BCUT2D eigenvalue weighted by Crippen LogP contribution is -2.40. The zero-order chi connectivity index (χ0) is 17.2. The van der Waals surface area contributed by atoms with Crippen LogP contribution in [0.25, 0.3) is 11.1 Å². The van der Waals surface area contributed by atoms with Gasteiger partial charge in [0.15, 0.2) is 0 Å². The van der Waals surface area contributed by atoms with E-state index in [1.807, 2.05) is 0 Å².